The number of allylic oxidation sites excluding steroid dienone is 1. The van der Waals surface area contributed by atoms with Crippen molar-refractivity contribution in [2.45, 2.75) is 46.8 Å². The number of thiazole rings is 1. The third kappa shape index (κ3) is 5.42. The zero-order valence-corrected chi connectivity index (χ0v) is 24.6. The van der Waals surface area contributed by atoms with Gasteiger partial charge in [-0.25, -0.2) is 9.79 Å². The lowest BCUT2D eigenvalue weighted by Gasteiger charge is -2.26. The van der Waals surface area contributed by atoms with Crippen LogP contribution in [-0.2, 0) is 9.53 Å². The molecule has 1 atom stereocenters. The normalized spacial score (nSPS) is 15.0. The number of rotatable bonds is 8. The van der Waals surface area contributed by atoms with Crippen molar-refractivity contribution in [3.63, 3.8) is 0 Å². The molecule has 0 radical (unpaired) electrons. The van der Waals surface area contributed by atoms with E-state index in [1.54, 1.807) is 51.1 Å². The first-order valence-electron chi connectivity index (χ1n) is 13.4. The topological polar surface area (TPSA) is 126 Å². The summed E-state index contributed by atoms with van der Waals surface area (Å²) >= 11 is 1.17. The fourth-order valence-corrected chi connectivity index (χ4v) is 5.85. The van der Waals surface area contributed by atoms with Crippen LogP contribution in [0.5, 0.6) is 5.75 Å². The average molecular weight is 588 g/mol. The van der Waals surface area contributed by atoms with Crippen LogP contribution in [0.15, 0.2) is 80.1 Å². The van der Waals surface area contributed by atoms with E-state index in [1.807, 2.05) is 38.1 Å². The number of fused-ring (bicyclic) bond motifs is 1. The maximum absolute atomic E-state index is 14.0. The molecule has 0 unspecified atom stereocenters. The average Bonchev–Trinajstić information content (AvgIpc) is 3.52. The molecule has 0 saturated carbocycles. The van der Waals surface area contributed by atoms with Gasteiger partial charge in [0.1, 0.15) is 23.3 Å². The molecule has 11 heteroatoms. The number of aryl methyl sites for hydroxylation is 1. The van der Waals surface area contributed by atoms with Crippen LogP contribution in [0.4, 0.5) is 5.69 Å². The zero-order chi connectivity index (χ0) is 30.1. The number of furan rings is 1. The van der Waals surface area contributed by atoms with Crippen LogP contribution in [-0.4, -0.2) is 28.2 Å². The van der Waals surface area contributed by atoms with Crippen LogP contribution in [0.1, 0.15) is 50.6 Å². The number of nitrogens with zero attached hydrogens (tertiary/aromatic N) is 3. The Bertz CT molecular complexity index is 1910. The zero-order valence-electron chi connectivity index (χ0n) is 23.7. The van der Waals surface area contributed by atoms with Crippen molar-refractivity contribution in [1.29, 1.82) is 0 Å². The van der Waals surface area contributed by atoms with Crippen molar-refractivity contribution < 1.29 is 23.6 Å². The van der Waals surface area contributed by atoms with Gasteiger partial charge in [0.05, 0.1) is 33.4 Å². The lowest BCUT2D eigenvalue weighted by Crippen LogP contribution is -2.40. The second-order valence-electron chi connectivity index (χ2n) is 9.97. The number of aromatic nitrogens is 1. The number of nitro groups is 1. The molecule has 0 N–H and O–H groups in total. The molecule has 0 bridgehead atoms. The Hall–Kier alpha value is -4.77. The number of esters is 1. The third-order valence-corrected chi connectivity index (χ3v) is 7.67. The first-order chi connectivity index (χ1) is 20.1. The highest BCUT2D eigenvalue weighted by Gasteiger charge is 2.35. The molecule has 1 aliphatic heterocycles. The van der Waals surface area contributed by atoms with Gasteiger partial charge in [-0.15, -0.1) is 0 Å². The number of benzene rings is 2. The van der Waals surface area contributed by atoms with Crippen molar-refractivity contribution >= 4 is 29.1 Å². The Morgan fingerprint density at radius 2 is 1.95 bits per heavy atom. The third-order valence-electron chi connectivity index (χ3n) is 6.68. The fraction of sp³-hybridized carbons (Fsp3) is 0.258. The molecule has 10 nitrogen and oxygen atoms in total. The Morgan fingerprint density at radius 3 is 2.67 bits per heavy atom. The molecule has 1 aliphatic rings. The van der Waals surface area contributed by atoms with Gasteiger partial charge in [-0.05, 0) is 52.8 Å². The van der Waals surface area contributed by atoms with E-state index in [0.717, 1.165) is 0 Å². The van der Waals surface area contributed by atoms with Crippen LogP contribution in [0.25, 0.3) is 17.4 Å². The van der Waals surface area contributed by atoms with Crippen LogP contribution in [0.2, 0.25) is 0 Å². The highest BCUT2D eigenvalue weighted by atomic mass is 32.1. The van der Waals surface area contributed by atoms with Gasteiger partial charge in [-0.1, -0.05) is 41.7 Å². The maximum atomic E-state index is 14.0. The molecule has 0 saturated heterocycles. The van der Waals surface area contributed by atoms with Gasteiger partial charge >= 0.3 is 5.97 Å². The van der Waals surface area contributed by atoms with Crippen molar-refractivity contribution in [2.75, 3.05) is 6.61 Å². The summed E-state index contributed by atoms with van der Waals surface area (Å²) in [5.74, 6) is 0.807. The smallest absolute Gasteiger partial charge is 0.338 e. The van der Waals surface area contributed by atoms with Gasteiger partial charge in [0.25, 0.3) is 11.2 Å². The Kier molecular flexibility index (Phi) is 7.95. The molecule has 4 aromatic rings. The Labute approximate surface area is 245 Å². The molecule has 0 spiro atoms. The predicted molar refractivity (Wildman–Crippen MR) is 158 cm³/mol. The van der Waals surface area contributed by atoms with E-state index in [2.05, 4.69) is 4.99 Å². The quantitative estimate of drug-likeness (QED) is 0.160. The molecular formula is C31H29N3O7S. The van der Waals surface area contributed by atoms with Crippen molar-refractivity contribution in [3.05, 3.63) is 113 Å². The van der Waals surface area contributed by atoms with Crippen LogP contribution >= 0.6 is 11.3 Å². The second kappa shape index (κ2) is 11.6. The van der Waals surface area contributed by atoms with Crippen molar-refractivity contribution in [1.82, 2.24) is 4.57 Å². The van der Waals surface area contributed by atoms with Gasteiger partial charge in [-0.2, -0.15) is 0 Å². The minimum Gasteiger partial charge on any atom is -0.491 e. The first-order valence-corrected chi connectivity index (χ1v) is 14.2. The van der Waals surface area contributed by atoms with E-state index in [0.29, 0.717) is 49.0 Å². The summed E-state index contributed by atoms with van der Waals surface area (Å²) in [6, 6.07) is 14.7. The second-order valence-corrected chi connectivity index (χ2v) is 11.0. The van der Waals surface area contributed by atoms with Crippen LogP contribution in [0.3, 0.4) is 0 Å². The minimum absolute atomic E-state index is 0.00624. The number of hydrogen-bond acceptors (Lipinski definition) is 9. The number of carbonyl (C=O) groups is 1. The number of para-hydroxylation sites is 1. The Morgan fingerprint density at radius 1 is 1.19 bits per heavy atom. The summed E-state index contributed by atoms with van der Waals surface area (Å²) in [7, 11) is 0. The summed E-state index contributed by atoms with van der Waals surface area (Å²) in [4.78, 5) is 43.2. The van der Waals surface area contributed by atoms with E-state index in [9.17, 15) is 19.7 Å². The van der Waals surface area contributed by atoms with E-state index >= 15 is 0 Å². The summed E-state index contributed by atoms with van der Waals surface area (Å²) < 4.78 is 19.3. The molecule has 0 aliphatic carbocycles. The fourth-order valence-electron chi connectivity index (χ4n) is 4.83. The summed E-state index contributed by atoms with van der Waals surface area (Å²) in [5.41, 5.74) is 2.07. The predicted octanol–water partition coefficient (Wildman–Crippen LogP) is 5.06. The summed E-state index contributed by atoms with van der Waals surface area (Å²) in [5, 5.41) is 11.4. The molecule has 216 valence electrons. The monoisotopic (exact) mass is 587 g/mol. The Balaban J connectivity index is 1.64. The molecule has 2 aromatic heterocycles. The van der Waals surface area contributed by atoms with Crippen LogP contribution in [0, 0.1) is 17.0 Å². The molecule has 3 heterocycles. The SMILES string of the molecule is CCOC(=O)C1=C(C)N=c2s/c(=C\c3ccc(-c4ccc(C)c([N+](=O)[O-])c4)o3)c(=O)n2[C@H]1c1ccccc1OC(C)C. The number of nitro benzene ring substituents is 1. The minimum atomic E-state index is -0.822. The summed E-state index contributed by atoms with van der Waals surface area (Å²) in [6.45, 7) is 9.10. The van der Waals surface area contributed by atoms with Gasteiger partial charge in [0, 0.05) is 28.8 Å². The van der Waals surface area contributed by atoms with Crippen LogP contribution < -0.4 is 19.6 Å². The lowest BCUT2D eigenvalue weighted by molar-refractivity contribution is -0.385. The number of carbonyl (C=O) groups excluding carboxylic acids is 1. The largest absolute Gasteiger partial charge is 0.491 e. The molecular weight excluding hydrogens is 558 g/mol. The van der Waals surface area contributed by atoms with E-state index in [-0.39, 0.29) is 29.5 Å². The van der Waals surface area contributed by atoms with Gasteiger partial charge in [-0.3, -0.25) is 19.5 Å². The lowest BCUT2D eigenvalue weighted by atomic mass is 9.95. The molecule has 42 heavy (non-hydrogen) atoms. The standard InChI is InChI=1S/C31H29N3O7S/c1-6-39-30(36)27-19(5)32-31-33(28(27)22-9-7-8-10-25(22)40-17(2)3)29(35)26(42-31)16-21-13-14-24(41-21)20-12-11-18(4)23(15-20)34(37)38/h7-17,28H,6H2,1-5H3/b26-16-/t28-/m0/s1. The molecule has 2 aromatic carbocycles. The van der Waals surface area contributed by atoms with Crippen molar-refractivity contribution in [3.8, 4) is 17.1 Å². The summed E-state index contributed by atoms with van der Waals surface area (Å²) in [6.07, 6.45) is 1.47. The molecule has 0 fully saturated rings. The van der Waals surface area contributed by atoms with Gasteiger partial charge in [0.15, 0.2) is 4.80 Å². The van der Waals surface area contributed by atoms with E-state index in [1.165, 1.54) is 22.0 Å². The highest BCUT2D eigenvalue weighted by Crippen LogP contribution is 2.36. The number of hydrogen-bond donors (Lipinski definition) is 0. The van der Waals surface area contributed by atoms with Gasteiger partial charge in [0.2, 0.25) is 0 Å². The number of ether oxygens (including phenoxy) is 2. The van der Waals surface area contributed by atoms with Crippen molar-refractivity contribution in [2.24, 2.45) is 4.99 Å². The maximum Gasteiger partial charge on any atom is 0.338 e. The highest BCUT2D eigenvalue weighted by molar-refractivity contribution is 7.07. The molecule has 0 amide bonds. The van der Waals surface area contributed by atoms with Gasteiger partial charge < -0.3 is 13.9 Å². The molecule has 5 rings (SSSR count). The first kappa shape index (κ1) is 28.7. The van der Waals surface area contributed by atoms with E-state index < -0.39 is 16.9 Å². The van der Waals surface area contributed by atoms with E-state index in [4.69, 9.17) is 13.9 Å².